The van der Waals surface area contributed by atoms with Crippen LogP contribution in [0.25, 0.3) is 32.5 Å². The van der Waals surface area contributed by atoms with Crippen molar-refractivity contribution in [1.82, 2.24) is 4.98 Å². The Hall–Kier alpha value is -2.65. The highest BCUT2D eigenvalue weighted by molar-refractivity contribution is 7.15. The maximum absolute atomic E-state index is 6.18. The van der Waals surface area contributed by atoms with Crippen molar-refractivity contribution in [3.05, 3.63) is 70.6 Å². The van der Waals surface area contributed by atoms with Gasteiger partial charge in [0.05, 0.1) is 5.69 Å². The second-order valence-corrected chi connectivity index (χ2v) is 7.82. The Morgan fingerprint density at radius 2 is 1.72 bits per heavy atom. The summed E-state index contributed by atoms with van der Waals surface area (Å²) < 4.78 is 0. The number of anilines is 1. The molecule has 0 fully saturated rings. The zero-order chi connectivity index (χ0) is 17.6. The molecule has 124 valence electrons. The quantitative estimate of drug-likeness (QED) is 0.474. The monoisotopic (exact) mass is 344 g/mol. The van der Waals surface area contributed by atoms with E-state index in [1.54, 1.807) is 11.3 Å². The predicted molar refractivity (Wildman–Crippen MR) is 109 cm³/mol. The standard InChI is InChI=1S/C22H20N2S/c1-13-7-9-16-5-4-6-17(18(16)11-13)21-19(12-14(2)22(23)24-21)20-10-8-15(3)25-20/h4-12H,1-3H3,(H2,23,24). The molecule has 2 aromatic carbocycles. The average Bonchev–Trinajstić information content (AvgIpc) is 3.02. The Kier molecular flexibility index (Phi) is 3.81. The van der Waals surface area contributed by atoms with E-state index in [2.05, 4.69) is 68.4 Å². The molecular formula is C22H20N2S. The number of nitrogens with zero attached hydrogens (tertiary/aromatic N) is 1. The van der Waals surface area contributed by atoms with Crippen LogP contribution in [0.3, 0.4) is 0 Å². The van der Waals surface area contributed by atoms with Crippen molar-refractivity contribution in [3.63, 3.8) is 0 Å². The summed E-state index contributed by atoms with van der Waals surface area (Å²) in [4.78, 5) is 7.32. The first kappa shape index (κ1) is 15.9. The lowest BCUT2D eigenvalue weighted by atomic mass is 9.96. The van der Waals surface area contributed by atoms with E-state index in [4.69, 9.17) is 10.7 Å². The van der Waals surface area contributed by atoms with Crippen molar-refractivity contribution >= 4 is 27.9 Å². The minimum absolute atomic E-state index is 0.594. The van der Waals surface area contributed by atoms with Crippen molar-refractivity contribution < 1.29 is 0 Å². The number of aromatic nitrogens is 1. The number of benzene rings is 2. The highest BCUT2D eigenvalue weighted by Gasteiger charge is 2.15. The first-order valence-electron chi connectivity index (χ1n) is 8.36. The maximum Gasteiger partial charge on any atom is 0.127 e. The summed E-state index contributed by atoms with van der Waals surface area (Å²) in [5.74, 6) is 0.594. The molecule has 0 saturated heterocycles. The summed E-state index contributed by atoms with van der Waals surface area (Å²) >= 11 is 1.79. The lowest BCUT2D eigenvalue weighted by Crippen LogP contribution is -1.98. The van der Waals surface area contributed by atoms with Crippen LogP contribution in [0.15, 0.2) is 54.6 Å². The van der Waals surface area contributed by atoms with Crippen LogP contribution in [0.4, 0.5) is 5.82 Å². The van der Waals surface area contributed by atoms with E-state index in [0.717, 1.165) is 22.4 Å². The first-order chi connectivity index (χ1) is 12.0. The summed E-state index contributed by atoms with van der Waals surface area (Å²) in [5.41, 5.74) is 11.7. The van der Waals surface area contributed by atoms with Gasteiger partial charge < -0.3 is 5.73 Å². The molecule has 0 spiro atoms. The van der Waals surface area contributed by atoms with Gasteiger partial charge >= 0.3 is 0 Å². The highest BCUT2D eigenvalue weighted by Crippen LogP contribution is 2.39. The van der Waals surface area contributed by atoms with Gasteiger partial charge in [-0.15, -0.1) is 11.3 Å². The number of hydrogen-bond acceptors (Lipinski definition) is 3. The van der Waals surface area contributed by atoms with Crippen molar-refractivity contribution in [2.45, 2.75) is 20.8 Å². The summed E-state index contributed by atoms with van der Waals surface area (Å²) in [5, 5.41) is 2.44. The average molecular weight is 344 g/mol. The molecule has 0 aliphatic rings. The van der Waals surface area contributed by atoms with Gasteiger partial charge in [-0.2, -0.15) is 0 Å². The van der Waals surface area contributed by atoms with Crippen LogP contribution in [0.5, 0.6) is 0 Å². The van der Waals surface area contributed by atoms with E-state index < -0.39 is 0 Å². The molecule has 2 N–H and O–H groups in total. The Morgan fingerprint density at radius 3 is 2.48 bits per heavy atom. The maximum atomic E-state index is 6.18. The van der Waals surface area contributed by atoms with Gasteiger partial charge in [0.15, 0.2) is 0 Å². The van der Waals surface area contributed by atoms with Crippen molar-refractivity contribution in [2.75, 3.05) is 5.73 Å². The molecule has 0 aliphatic heterocycles. The fourth-order valence-electron chi connectivity index (χ4n) is 3.19. The van der Waals surface area contributed by atoms with Crippen LogP contribution in [0.1, 0.15) is 16.0 Å². The normalized spacial score (nSPS) is 11.2. The lowest BCUT2D eigenvalue weighted by Gasteiger charge is -2.13. The smallest absolute Gasteiger partial charge is 0.127 e. The largest absolute Gasteiger partial charge is 0.383 e. The second kappa shape index (κ2) is 6.01. The van der Waals surface area contributed by atoms with Gasteiger partial charge in [-0.1, -0.05) is 42.0 Å². The number of fused-ring (bicyclic) bond motifs is 1. The zero-order valence-corrected chi connectivity index (χ0v) is 15.4. The van der Waals surface area contributed by atoms with E-state index in [1.165, 1.54) is 26.1 Å². The third-order valence-corrected chi connectivity index (χ3v) is 5.58. The molecule has 2 heterocycles. The Labute approximate surface area is 152 Å². The van der Waals surface area contributed by atoms with E-state index in [1.807, 2.05) is 6.92 Å². The van der Waals surface area contributed by atoms with Crippen LogP contribution >= 0.6 is 11.3 Å². The number of hydrogen-bond donors (Lipinski definition) is 1. The van der Waals surface area contributed by atoms with Crippen LogP contribution < -0.4 is 5.73 Å². The van der Waals surface area contributed by atoms with Crippen molar-refractivity contribution in [1.29, 1.82) is 0 Å². The van der Waals surface area contributed by atoms with Gasteiger partial charge in [0.1, 0.15) is 5.82 Å². The van der Waals surface area contributed by atoms with Crippen molar-refractivity contribution in [3.8, 4) is 21.7 Å². The van der Waals surface area contributed by atoms with E-state index in [-0.39, 0.29) is 0 Å². The minimum atomic E-state index is 0.594. The number of nitrogens with two attached hydrogens (primary N) is 1. The summed E-state index contributed by atoms with van der Waals surface area (Å²) in [6.45, 7) is 6.27. The van der Waals surface area contributed by atoms with Gasteiger partial charge in [0, 0.05) is 20.9 Å². The van der Waals surface area contributed by atoms with E-state index in [9.17, 15) is 0 Å². The number of thiophene rings is 1. The third-order valence-electron chi connectivity index (χ3n) is 4.55. The molecule has 4 aromatic rings. The van der Waals surface area contributed by atoms with Crippen LogP contribution in [0.2, 0.25) is 0 Å². The van der Waals surface area contributed by atoms with Gasteiger partial charge in [-0.05, 0) is 55.3 Å². The molecule has 25 heavy (non-hydrogen) atoms. The molecule has 2 nitrogen and oxygen atoms in total. The van der Waals surface area contributed by atoms with Gasteiger partial charge in [-0.3, -0.25) is 0 Å². The van der Waals surface area contributed by atoms with E-state index in [0.29, 0.717) is 5.82 Å². The molecule has 2 aromatic heterocycles. The topological polar surface area (TPSA) is 38.9 Å². The molecule has 0 amide bonds. The van der Waals surface area contributed by atoms with Gasteiger partial charge in [0.25, 0.3) is 0 Å². The minimum Gasteiger partial charge on any atom is -0.383 e. The lowest BCUT2D eigenvalue weighted by molar-refractivity contribution is 1.29. The number of nitrogen functional groups attached to an aromatic ring is 1. The number of pyridine rings is 1. The molecule has 0 atom stereocenters. The molecule has 0 unspecified atom stereocenters. The highest BCUT2D eigenvalue weighted by atomic mass is 32.1. The van der Waals surface area contributed by atoms with Gasteiger partial charge in [0.2, 0.25) is 0 Å². The van der Waals surface area contributed by atoms with Crippen LogP contribution in [0, 0.1) is 20.8 Å². The second-order valence-electron chi connectivity index (χ2n) is 6.53. The molecule has 3 heteroatoms. The Bertz CT molecular complexity index is 1090. The van der Waals surface area contributed by atoms with E-state index >= 15 is 0 Å². The van der Waals surface area contributed by atoms with Crippen molar-refractivity contribution in [2.24, 2.45) is 0 Å². The van der Waals surface area contributed by atoms with Gasteiger partial charge in [-0.25, -0.2) is 4.98 Å². The molecule has 0 saturated carbocycles. The Balaban J connectivity index is 2.06. The molecular weight excluding hydrogens is 324 g/mol. The fourth-order valence-corrected chi connectivity index (χ4v) is 4.08. The van der Waals surface area contributed by atoms with Crippen LogP contribution in [-0.4, -0.2) is 4.98 Å². The zero-order valence-electron chi connectivity index (χ0n) is 14.6. The summed E-state index contributed by atoms with van der Waals surface area (Å²) in [7, 11) is 0. The fraction of sp³-hybridized carbons (Fsp3) is 0.136. The third kappa shape index (κ3) is 2.81. The summed E-state index contributed by atoms with van der Waals surface area (Å²) in [6.07, 6.45) is 0. The van der Waals surface area contributed by atoms with Crippen LogP contribution in [-0.2, 0) is 0 Å². The summed E-state index contributed by atoms with van der Waals surface area (Å²) in [6, 6.07) is 19.4. The first-order valence-corrected chi connectivity index (χ1v) is 9.18. The SMILES string of the molecule is Cc1ccc2cccc(-c3nc(N)c(C)cc3-c3ccc(C)s3)c2c1. The molecule has 0 radical (unpaired) electrons. The number of rotatable bonds is 2. The molecule has 0 aliphatic carbocycles. The predicted octanol–water partition coefficient (Wildman–Crippen LogP) is 6.14. The Morgan fingerprint density at radius 1 is 0.880 bits per heavy atom. The molecule has 4 rings (SSSR count). The number of aryl methyl sites for hydroxylation is 3. The molecule has 0 bridgehead atoms.